The summed E-state index contributed by atoms with van der Waals surface area (Å²) in [6.07, 6.45) is -4.89. The molecule has 2 atom stereocenters. The van der Waals surface area contributed by atoms with Crippen LogP contribution in [-0.4, -0.2) is 20.6 Å². The predicted molar refractivity (Wildman–Crippen MR) is 90.5 cm³/mol. The number of ketones is 1. The number of sulfonamides is 1. The van der Waals surface area contributed by atoms with Crippen molar-refractivity contribution in [1.82, 2.24) is 0 Å². The number of alkyl halides is 3. The van der Waals surface area contributed by atoms with Crippen LogP contribution in [0.5, 0.6) is 5.75 Å². The fraction of sp³-hybridized carbons (Fsp3) is 0.278. The molecule has 0 saturated heterocycles. The van der Waals surface area contributed by atoms with Gasteiger partial charge in [0.15, 0.2) is 0 Å². The SMILES string of the molecule is NS(=O)(=O)c1ccc([C@H]2C[C@@H]2C(=O)Cc2cc(F)ccc2OC(F)(F)F)cc1. The number of nitrogens with two attached hydrogens (primary N) is 1. The van der Waals surface area contributed by atoms with Crippen LogP contribution in [0.3, 0.4) is 0 Å². The second kappa shape index (κ2) is 7.17. The van der Waals surface area contributed by atoms with Gasteiger partial charge < -0.3 is 4.74 Å². The Kier molecular flexibility index (Phi) is 5.20. The summed E-state index contributed by atoms with van der Waals surface area (Å²) in [5.41, 5.74) is 0.536. The van der Waals surface area contributed by atoms with Crippen LogP contribution in [0.1, 0.15) is 23.5 Å². The molecule has 1 aliphatic rings. The summed E-state index contributed by atoms with van der Waals surface area (Å²) < 4.78 is 77.2. The Morgan fingerprint density at radius 1 is 1.14 bits per heavy atom. The summed E-state index contributed by atoms with van der Waals surface area (Å²) in [5.74, 6) is -2.36. The summed E-state index contributed by atoms with van der Waals surface area (Å²) >= 11 is 0. The molecule has 0 spiro atoms. The number of rotatable bonds is 6. The minimum absolute atomic E-state index is 0.0616. The van der Waals surface area contributed by atoms with Crippen LogP contribution < -0.4 is 9.88 Å². The molecule has 0 aliphatic heterocycles. The molecule has 0 amide bonds. The molecule has 3 rings (SSSR count). The van der Waals surface area contributed by atoms with Crippen LogP contribution in [-0.2, 0) is 21.2 Å². The number of halogens is 4. The third-order valence-electron chi connectivity index (χ3n) is 4.45. The van der Waals surface area contributed by atoms with Gasteiger partial charge in [-0.05, 0) is 48.2 Å². The number of hydrogen-bond acceptors (Lipinski definition) is 4. The van der Waals surface area contributed by atoms with E-state index in [1.807, 2.05) is 0 Å². The summed E-state index contributed by atoms with van der Waals surface area (Å²) in [7, 11) is -3.83. The molecule has 5 nitrogen and oxygen atoms in total. The maximum atomic E-state index is 13.4. The molecule has 150 valence electrons. The highest BCUT2D eigenvalue weighted by molar-refractivity contribution is 7.89. The second-order valence-corrected chi connectivity index (χ2v) is 8.07. The fourth-order valence-electron chi connectivity index (χ4n) is 3.05. The maximum absolute atomic E-state index is 13.4. The van der Waals surface area contributed by atoms with Crippen molar-refractivity contribution in [2.75, 3.05) is 0 Å². The molecule has 0 radical (unpaired) electrons. The molecule has 2 aromatic rings. The molecule has 28 heavy (non-hydrogen) atoms. The Morgan fingerprint density at radius 2 is 1.79 bits per heavy atom. The van der Waals surface area contributed by atoms with Crippen LogP contribution >= 0.6 is 0 Å². The van der Waals surface area contributed by atoms with E-state index < -0.39 is 40.3 Å². The third kappa shape index (κ3) is 4.87. The zero-order chi connectivity index (χ0) is 20.7. The number of Topliss-reactive ketones (excluding diaryl/α,β-unsaturated/α-hetero) is 1. The average Bonchev–Trinajstić information content (AvgIpc) is 3.36. The predicted octanol–water partition coefficient (Wildman–Crippen LogP) is 3.29. The quantitative estimate of drug-likeness (QED) is 0.731. The molecule has 0 bridgehead atoms. The van der Waals surface area contributed by atoms with Crippen molar-refractivity contribution in [3.63, 3.8) is 0 Å². The Bertz CT molecular complexity index is 1000. The first-order valence-corrected chi connectivity index (χ1v) is 9.68. The highest BCUT2D eigenvalue weighted by Gasteiger charge is 2.43. The topological polar surface area (TPSA) is 86.5 Å². The molecule has 0 unspecified atom stereocenters. The summed E-state index contributed by atoms with van der Waals surface area (Å²) in [4.78, 5) is 12.4. The third-order valence-corrected chi connectivity index (χ3v) is 5.38. The van der Waals surface area contributed by atoms with Crippen LogP contribution in [0.25, 0.3) is 0 Å². The first-order valence-electron chi connectivity index (χ1n) is 8.14. The van der Waals surface area contributed by atoms with Crippen molar-refractivity contribution in [2.45, 2.75) is 30.0 Å². The Morgan fingerprint density at radius 3 is 2.36 bits per heavy atom. The zero-order valence-electron chi connectivity index (χ0n) is 14.2. The Balaban J connectivity index is 1.71. The minimum atomic E-state index is -4.96. The van der Waals surface area contributed by atoms with E-state index in [1.54, 1.807) is 0 Å². The van der Waals surface area contributed by atoms with Crippen LogP contribution in [0, 0.1) is 11.7 Å². The number of primary sulfonamides is 1. The van der Waals surface area contributed by atoms with Gasteiger partial charge in [-0.3, -0.25) is 4.79 Å². The summed E-state index contributed by atoms with van der Waals surface area (Å²) in [6.45, 7) is 0. The molecular formula is C18H15F4NO4S. The van der Waals surface area contributed by atoms with Crippen LogP contribution in [0.4, 0.5) is 17.6 Å². The lowest BCUT2D eigenvalue weighted by atomic mass is 10.0. The zero-order valence-corrected chi connectivity index (χ0v) is 15.1. The normalized spacial score (nSPS) is 19.3. The van der Waals surface area contributed by atoms with Crippen molar-refractivity contribution in [2.24, 2.45) is 11.1 Å². The van der Waals surface area contributed by atoms with E-state index in [9.17, 15) is 30.8 Å². The Hall–Kier alpha value is -2.46. The highest BCUT2D eigenvalue weighted by Crippen LogP contribution is 2.48. The smallest absolute Gasteiger partial charge is 0.405 e. The van der Waals surface area contributed by atoms with E-state index in [0.29, 0.717) is 6.42 Å². The molecule has 1 aliphatic carbocycles. The molecular weight excluding hydrogens is 402 g/mol. The van der Waals surface area contributed by atoms with Crippen molar-refractivity contribution >= 4 is 15.8 Å². The van der Waals surface area contributed by atoms with Gasteiger partial charge in [0, 0.05) is 17.9 Å². The first kappa shape index (κ1) is 20.3. The number of ether oxygens (including phenoxy) is 1. The van der Waals surface area contributed by atoms with Gasteiger partial charge >= 0.3 is 6.36 Å². The maximum Gasteiger partial charge on any atom is 0.573 e. The van der Waals surface area contributed by atoms with E-state index in [4.69, 9.17) is 5.14 Å². The fourth-order valence-corrected chi connectivity index (χ4v) is 3.57. The van der Waals surface area contributed by atoms with E-state index in [2.05, 4.69) is 4.74 Å². The number of benzene rings is 2. The van der Waals surface area contributed by atoms with Crippen molar-refractivity contribution < 1.29 is 35.5 Å². The Labute approximate surface area is 158 Å². The van der Waals surface area contributed by atoms with Gasteiger partial charge in [0.2, 0.25) is 10.0 Å². The highest BCUT2D eigenvalue weighted by atomic mass is 32.2. The molecule has 2 aromatic carbocycles. The van der Waals surface area contributed by atoms with Gasteiger partial charge in [0.25, 0.3) is 0 Å². The molecule has 1 saturated carbocycles. The molecule has 0 aromatic heterocycles. The van der Waals surface area contributed by atoms with E-state index in [0.717, 1.165) is 23.8 Å². The summed E-state index contributed by atoms with van der Waals surface area (Å²) in [5, 5.41) is 5.03. The van der Waals surface area contributed by atoms with Gasteiger partial charge in [-0.1, -0.05) is 12.1 Å². The number of carbonyl (C=O) groups excluding carboxylic acids is 1. The van der Waals surface area contributed by atoms with Crippen molar-refractivity contribution in [1.29, 1.82) is 0 Å². The van der Waals surface area contributed by atoms with Gasteiger partial charge in [-0.15, -0.1) is 13.2 Å². The largest absolute Gasteiger partial charge is 0.573 e. The van der Waals surface area contributed by atoms with Crippen LogP contribution in [0.15, 0.2) is 47.4 Å². The lowest BCUT2D eigenvalue weighted by Gasteiger charge is -2.13. The van der Waals surface area contributed by atoms with Crippen molar-refractivity contribution in [3.8, 4) is 5.75 Å². The molecule has 0 heterocycles. The molecule has 2 N–H and O–H groups in total. The number of hydrogen-bond donors (Lipinski definition) is 1. The average molecular weight is 417 g/mol. The van der Waals surface area contributed by atoms with Gasteiger partial charge in [-0.2, -0.15) is 0 Å². The minimum Gasteiger partial charge on any atom is -0.405 e. The molecule has 1 fully saturated rings. The van der Waals surface area contributed by atoms with Gasteiger partial charge in [0.05, 0.1) is 4.90 Å². The standard InChI is InChI=1S/C18H15F4NO4S/c19-12-3-6-17(27-18(20,21)22)11(7-12)8-16(24)15-9-14(15)10-1-4-13(5-2-10)28(23,25)26/h1-7,14-15H,8-9H2,(H2,23,25,26)/t14-,15+/m1/s1. The van der Waals surface area contributed by atoms with Gasteiger partial charge in [-0.25, -0.2) is 17.9 Å². The summed E-state index contributed by atoms with van der Waals surface area (Å²) in [6, 6.07) is 8.23. The van der Waals surface area contributed by atoms with Gasteiger partial charge in [0.1, 0.15) is 17.3 Å². The molecule has 10 heteroatoms. The lowest BCUT2D eigenvalue weighted by Crippen LogP contribution is -2.19. The lowest BCUT2D eigenvalue weighted by molar-refractivity contribution is -0.274. The van der Waals surface area contributed by atoms with E-state index in [1.165, 1.54) is 24.3 Å². The monoisotopic (exact) mass is 417 g/mol. The second-order valence-electron chi connectivity index (χ2n) is 6.51. The van der Waals surface area contributed by atoms with Crippen LogP contribution in [0.2, 0.25) is 0 Å². The number of carbonyl (C=O) groups is 1. The van der Waals surface area contributed by atoms with E-state index >= 15 is 0 Å². The van der Waals surface area contributed by atoms with Crippen molar-refractivity contribution in [3.05, 3.63) is 59.4 Å². The van der Waals surface area contributed by atoms with E-state index in [-0.39, 0.29) is 22.2 Å². The first-order chi connectivity index (χ1) is 12.9.